The number of nitrogens with zero attached hydrogens (tertiary/aromatic N) is 3. The lowest BCUT2D eigenvalue weighted by Gasteiger charge is -2.14. The van der Waals surface area contributed by atoms with E-state index in [9.17, 15) is 4.79 Å². The first-order valence-electron chi connectivity index (χ1n) is 5.11. The van der Waals surface area contributed by atoms with E-state index in [1.54, 1.807) is 6.20 Å². The number of carbonyl (C=O) groups is 1. The van der Waals surface area contributed by atoms with Gasteiger partial charge in [0.25, 0.3) is 0 Å². The topological polar surface area (TPSA) is 38.1 Å². The molecule has 1 aliphatic heterocycles. The number of amides is 1. The highest BCUT2D eigenvalue weighted by Gasteiger charge is 2.27. The molecule has 1 saturated heterocycles. The minimum atomic E-state index is 0.0275. The Kier molecular flexibility index (Phi) is 2.58. The fraction of sp³-hybridized carbons (Fsp3) is 0.455. The quantitative estimate of drug-likeness (QED) is 0.673. The standard InChI is InChI=1S/C11H15N3O/c1-3-11(15)14-7-5-9(8-14)10-4-6-12-13(10)2/h3-4,6,9H,1,5,7-8H2,2H3. The lowest BCUT2D eigenvalue weighted by Crippen LogP contribution is -2.26. The third-order valence-electron chi connectivity index (χ3n) is 2.95. The molecule has 2 rings (SSSR count). The summed E-state index contributed by atoms with van der Waals surface area (Å²) in [6.07, 6.45) is 4.19. The molecule has 1 unspecified atom stereocenters. The van der Waals surface area contributed by atoms with Crippen LogP contribution in [0.25, 0.3) is 0 Å². The van der Waals surface area contributed by atoms with Crippen molar-refractivity contribution in [2.75, 3.05) is 13.1 Å². The van der Waals surface area contributed by atoms with Gasteiger partial charge in [-0.3, -0.25) is 9.48 Å². The molecular formula is C11H15N3O. The number of rotatable bonds is 2. The van der Waals surface area contributed by atoms with Gasteiger partial charge in [-0.15, -0.1) is 0 Å². The van der Waals surface area contributed by atoms with Gasteiger partial charge in [-0.05, 0) is 18.6 Å². The second-order valence-electron chi connectivity index (χ2n) is 3.85. The van der Waals surface area contributed by atoms with Crippen LogP contribution in [0.1, 0.15) is 18.0 Å². The third kappa shape index (κ3) is 1.79. The minimum Gasteiger partial charge on any atom is -0.338 e. The zero-order chi connectivity index (χ0) is 10.8. The maximum atomic E-state index is 11.4. The van der Waals surface area contributed by atoms with Gasteiger partial charge in [0.05, 0.1) is 0 Å². The van der Waals surface area contributed by atoms with Crippen molar-refractivity contribution in [2.24, 2.45) is 7.05 Å². The minimum absolute atomic E-state index is 0.0275. The van der Waals surface area contributed by atoms with Crippen LogP contribution < -0.4 is 0 Å². The number of aromatic nitrogens is 2. The second kappa shape index (κ2) is 3.88. The Hall–Kier alpha value is -1.58. The van der Waals surface area contributed by atoms with Crippen LogP contribution in [0.2, 0.25) is 0 Å². The lowest BCUT2D eigenvalue weighted by atomic mass is 10.1. The summed E-state index contributed by atoms with van der Waals surface area (Å²) in [5.41, 5.74) is 1.20. The molecule has 4 nitrogen and oxygen atoms in total. The molecule has 1 aromatic heterocycles. The van der Waals surface area contributed by atoms with E-state index in [2.05, 4.69) is 11.7 Å². The van der Waals surface area contributed by atoms with Gasteiger partial charge in [-0.2, -0.15) is 5.10 Å². The van der Waals surface area contributed by atoms with Crippen molar-refractivity contribution in [3.63, 3.8) is 0 Å². The van der Waals surface area contributed by atoms with Gasteiger partial charge in [-0.1, -0.05) is 6.58 Å². The fourth-order valence-corrected chi connectivity index (χ4v) is 2.12. The summed E-state index contributed by atoms with van der Waals surface area (Å²) >= 11 is 0. The van der Waals surface area contributed by atoms with Crippen LogP contribution in [0.5, 0.6) is 0 Å². The molecular weight excluding hydrogens is 190 g/mol. The SMILES string of the molecule is C=CC(=O)N1CCC(c2ccnn2C)C1. The molecule has 1 fully saturated rings. The number of likely N-dealkylation sites (tertiary alicyclic amines) is 1. The van der Waals surface area contributed by atoms with Gasteiger partial charge >= 0.3 is 0 Å². The van der Waals surface area contributed by atoms with E-state index in [4.69, 9.17) is 0 Å². The molecule has 1 amide bonds. The van der Waals surface area contributed by atoms with Gasteiger partial charge in [0.2, 0.25) is 5.91 Å². The smallest absolute Gasteiger partial charge is 0.245 e. The van der Waals surface area contributed by atoms with Gasteiger partial charge < -0.3 is 4.90 Å². The maximum absolute atomic E-state index is 11.4. The Morgan fingerprint density at radius 3 is 3.13 bits per heavy atom. The Labute approximate surface area is 89.2 Å². The Morgan fingerprint density at radius 1 is 1.73 bits per heavy atom. The molecule has 4 heteroatoms. The molecule has 0 saturated carbocycles. The van der Waals surface area contributed by atoms with Crippen LogP contribution in [0, 0.1) is 0 Å². The molecule has 0 N–H and O–H groups in total. The highest BCUT2D eigenvalue weighted by molar-refractivity contribution is 5.87. The van der Waals surface area contributed by atoms with Crippen molar-refractivity contribution in [1.29, 1.82) is 0 Å². The van der Waals surface area contributed by atoms with E-state index in [0.29, 0.717) is 5.92 Å². The van der Waals surface area contributed by atoms with Crippen molar-refractivity contribution in [2.45, 2.75) is 12.3 Å². The first kappa shape index (κ1) is 9.96. The molecule has 0 radical (unpaired) electrons. The molecule has 0 aromatic carbocycles. The van der Waals surface area contributed by atoms with Crippen molar-refractivity contribution in [3.8, 4) is 0 Å². The van der Waals surface area contributed by atoms with Crippen LogP contribution in [0.4, 0.5) is 0 Å². The predicted molar refractivity (Wildman–Crippen MR) is 57.3 cm³/mol. The molecule has 2 heterocycles. The highest BCUT2D eigenvalue weighted by Crippen LogP contribution is 2.26. The maximum Gasteiger partial charge on any atom is 0.245 e. The Bertz CT molecular complexity index is 383. The van der Waals surface area contributed by atoms with Crippen molar-refractivity contribution in [1.82, 2.24) is 14.7 Å². The van der Waals surface area contributed by atoms with E-state index in [1.807, 2.05) is 22.7 Å². The average molecular weight is 205 g/mol. The van der Waals surface area contributed by atoms with Gasteiger partial charge in [0, 0.05) is 37.9 Å². The molecule has 0 bridgehead atoms. The van der Waals surface area contributed by atoms with Crippen LogP contribution in [-0.4, -0.2) is 33.7 Å². The van der Waals surface area contributed by atoms with E-state index >= 15 is 0 Å². The number of hydrogen-bond acceptors (Lipinski definition) is 2. The molecule has 1 aliphatic rings. The summed E-state index contributed by atoms with van der Waals surface area (Å²) in [4.78, 5) is 13.2. The molecule has 1 aromatic rings. The normalized spacial score (nSPS) is 20.6. The van der Waals surface area contributed by atoms with E-state index in [1.165, 1.54) is 11.8 Å². The van der Waals surface area contributed by atoms with Crippen LogP contribution >= 0.6 is 0 Å². The molecule has 80 valence electrons. The molecule has 1 atom stereocenters. The zero-order valence-electron chi connectivity index (χ0n) is 8.89. The van der Waals surface area contributed by atoms with Crippen molar-refractivity contribution < 1.29 is 4.79 Å². The summed E-state index contributed by atoms with van der Waals surface area (Å²) in [7, 11) is 1.94. The highest BCUT2D eigenvalue weighted by atomic mass is 16.2. The van der Waals surface area contributed by atoms with Crippen molar-refractivity contribution in [3.05, 3.63) is 30.6 Å². The second-order valence-corrected chi connectivity index (χ2v) is 3.85. The summed E-state index contributed by atoms with van der Waals surface area (Å²) in [5.74, 6) is 0.445. The summed E-state index contributed by atoms with van der Waals surface area (Å²) in [6.45, 7) is 5.10. The van der Waals surface area contributed by atoms with Crippen LogP contribution in [-0.2, 0) is 11.8 Å². The van der Waals surface area contributed by atoms with Crippen molar-refractivity contribution >= 4 is 5.91 Å². The number of aryl methyl sites for hydroxylation is 1. The van der Waals surface area contributed by atoms with Crippen LogP contribution in [0.15, 0.2) is 24.9 Å². The number of hydrogen-bond donors (Lipinski definition) is 0. The zero-order valence-corrected chi connectivity index (χ0v) is 8.89. The average Bonchev–Trinajstić information content (AvgIpc) is 2.84. The van der Waals surface area contributed by atoms with Gasteiger partial charge in [-0.25, -0.2) is 0 Å². The first-order chi connectivity index (χ1) is 7.22. The number of carbonyl (C=O) groups excluding carboxylic acids is 1. The predicted octanol–water partition coefficient (Wildman–Crippen LogP) is 0.922. The Balaban J connectivity index is 2.08. The first-order valence-corrected chi connectivity index (χ1v) is 5.11. The molecule has 0 aliphatic carbocycles. The van der Waals surface area contributed by atoms with E-state index in [0.717, 1.165) is 19.5 Å². The molecule has 15 heavy (non-hydrogen) atoms. The van der Waals surface area contributed by atoms with Crippen LogP contribution in [0.3, 0.4) is 0 Å². The summed E-state index contributed by atoms with van der Waals surface area (Å²) in [5, 5.41) is 4.14. The summed E-state index contributed by atoms with van der Waals surface area (Å²) in [6, 6.07) is 2.02. The van der Waals surface area contributed by atoms with E-state index in [-0.39, 0.29) is 5.91 Å². The van der Waals surface area contributed by atoms with Gasteiger partial charge in [0.15, 0.2) is 0 Å². The largest absolute Gasteiger partial charge is 0.338 e. The van der Waals surface area contributed by atoms with E-state index < -0.39 is 0 Å². The Morgan fingerprint density at radius 2 is 2.53 bits per heavy atom. The lowest BCUT2D eigenvalue weighted by molar-refractivity contribution is -0.125. The van der Waals surface area contributed by atoms with Gasteiger partial charge in [0.1, 0.15) is 0 Å². The monoisotopic (exact) mass is 205 g/mol. The fourth-order valence-electron chi connectivity index (χ4n) is 2.12. The third-order valence-corrected chi connectivity index (χ3v) is 2.95. The summed E-state index contributed by atoms with van der Waals surface area (Å²) < 4.78 is 1.88. The molecule has 0 spiro atoms.